The number of carbonyl (C=O) groups excluding carboxylic acids is 2. The van der Waals surface area contributed by atoms with Gasteiger partial charge in [0.1, 0.15) is 0 Å². The molecule has 0 bridgehead atoms. The van der Waals surface area contributed by atoms with Crippen LogP contribution >= 0.6 is 12.2 Å². The van der Waals surface area contributed by atoms with Gasteiger partial charge in [0.25, 0.3) is 0 Å². The van der Waals surface area contributed by atoms with E-state index >= 15 is 0 Å². The van der Waals surface area contributed by atoms with Crippen LogP contribution in [0.3, 0.4) is 0 Å². The predicted molar refractivity (Wildman–Crippen MR) is 101 cm³/mol. The molecule has 1 saturated carbocycles. The van der Waals surface area contributed by atoms with Crippen LogP contribution in [0.25, 0.3) is 0 Å². The molecule has 3 rings (SSSR count). The van der Waals surface area contributed by atoms with Crippen LogP contribution in [0.5, 0.6) is 0 Å². The molecule has 2 aliphatic rings. The molecule has 0 spiro atoms. The lowest BCUT2D eigenvalue weighted by molar-refractivity contribution is -0.121. The number of amides is 2. The Bertz CT molecular complexity index is 641. The topological polar surface area (TPSA) is 73.5 Å². The molecule has 25 heavy (non-hydrogen) atoms. The summed E-state index contributed by atoms with van der Waals surface area (Å²) in [5.74, 6) is 0.0125. The van der Waals surface area contributed by atoms with Gasteiger partial charge in [-0.1, -0.05) is 25.0 Å². The minimum absolute atomic E-state index is 0.152. The number of nitrogens with one attached hydrogen (secondary N) is 3. The van der Waals surface area contributed by atoms with Gasteiger partial charge in [-0.3, -0.25) is 20.4 Å². The minimum atomic E-state index is -0.152. The number of carbonyl (C=O) groups is 2. The summed E-state index contributed by atoms with van der Waals surface area (Å²) in [7, 11) is 0. The van der Waals surface area contributed by atoms with Crippen molar-refractivity contribution in [3.05, 3.63) is 29.8 Å². The van der Waals surface area contributed by atoms with E-state index in [9.17, 15) is 9.59 Å². The number of hydrogen-bond donors (Lipinski definition) is 3. The summed E-state index contributed by atoms with van der Waals surface area (Å²) < 4.78 is 0. The Kier molecular flexibility index (Phi) is 5.86. The van der Waals surface area contributed by atoms with E-state index < -0.39 is 0 Å². The highest BCUT2D eigenvalue weighted by atomic mass is 32.1. The molecule has 2 fully saturated rings. The van der Waals surface area contributed by atoms with Crippen molar-refractivity contribution in [2.24, 2.45) is 0 Å². The van der Waals surface area contributed by atoms with E-state index in [2.05, 4.69) is 16.2 Å². The second-order valence-electron chi connectivity index (χ2n) is 6.62. The molecular weight excluding hydrogens is 336 g/mol. The predicted octanol–water partition coefficient (Wildman–Crippen LogP) is 1.79. The molecule has 2 amide bonds. The highest BCUT2D eigenvalue weighted by Gasteiger charge is 2.21. The van der Waals surface area contributed by atoms with Crippen LogP contribution in [0.4, 0.5) is 5.69 Å². The molecule has 1 aromatic carbocycles. The number of nitrogens with zero attached hydrogens (tertiary/aromatic N) is 1. The van der Waals surface area contributed by atoms with Gasteiger partial charge in [-0.25, -0.2) is 0 Å². The first kappa shape index (κ1) is 17.7. The third-order valence-corrected chi connectivity index (χ3v) is 4.91. The van der Waals surface area contributed by atoms with Crippen molar-refractivity contribution in [2.45, 2.75) is 51.0 Å². The van der Waals surface area contributed by atoms with Gasteiger partial charge in [0.15, 0.2) is 5.11 Å². The highest BCUT2D eigenvalue weighted by Crippen LogP contribution is 2.21. The van der Waals surface area contributed by atoms with Crippen molar-refractivity contribution < 1.29 is 9.59 Å². The molecule has 1 aromatic rings. The third-order valence-electron chi connectivity index (χ3n) is 4.69. The molecule has 134 valence electrons. The molecule has 1 aliphatic carbocycles. The van der Waals surface area contributed by atoms with E-state index in [4.69, 9.17) is 12.2 Å². The van der Waals surface area contributed by atoms with E-state index in [-0.39, 0.29) is 18.2 Å². The van der Waals surface area contributed by atoms with E-state index in [1.54, 1.807) is 4.90 Å². The van der Waals surface area contributed by atoms with Gasteiger partial charge in [0.05, 0.1) is 6.42 Å². The van der Waals surface area contributed by atoms with Crippen molar-refractivity contribution in [1.82, 2.24) is 16.2 Å². The second kappa shape index (κ2) is 8.29. The molecule has 0 aromatic heterocycles. The van der Waals surface area contributed by atoms with Crippen LogP contribution in [-0.4, -0.2) is 29.5 Å². The van der Waals surface area contributed by atoms with Crippen LogP contribution in [0, 0.1) is 0 Å². The Labute approximate surface area is 153 Å². The summed E-state index contributed by atoms with van der Waals surface area (Å²) in [5, 5.41) is 3.67. The maximum absolute atomic E-state index is 12.0. The summed E-state index contributed by atoms with van der Waals surface area (Å²) in [6.45, 7) is 0.772. The molecule has 1 aliphatic heterocycles. The fraction of sp³-hybridized carbons (Fsp3) is 0.500. The van der Waals surface area contributed by atoms with Crippen LogP contribution in [-0.2, 0) is 16.0 Å². The lowest BCUT2D eigenvalue weighted by atomic mass is 10.1. The molecule has 3 N–H and O–H groups in total. The monoisotopic (exact) mass is 360 g/mol. The standard InChI is InChI=1S/C18H24N4O2S/c23-16(20-21-18(25)19-14-4-1-2-5-14)12-13-7-9-15(10-8-13)22-11-3-6-17(22)24/h7-10,14H,1-6,11-12H2,(H,20,23)(H2,19,21,25). The summed E-state index contributed by atoms with van der Waals surface area (Å²) in [6.07, 6.45) is 6.49. The molecule has 1 heterocycles. The quantitative estimate of drug-likeness (QED) is 0.564. The molecular formula is C18H24N4O2S. The molecule has 0 unspecified atom stereocenters. The fourth-order valence-corrected chi connectivity index (χ4v) is 3.58. The zero-order valence-electron chi connectivity index (χ0n) is 14.2. The molecule has 7 heteroatoms. The number of anilines is 1. The minimum Gasteiger partial charge on any atom is -0.359 e. The van der Waals surface area contributed by atoms with Gasteiger partial charge in [0, 0.05) is 24.7 Å². The Morgan fingerprint density at radius 2 is 1.84 bits per heavy atom. The zero-order valence-corrected chi connectivity index (χ0v) is 15.0. The van der Waals surface area contributed by atoms with Crippen LogP contribution in [0.2, 0.25) is 0 Å². The zero-order chi connectivity index (χ0) is 17.6. The summed E-state index contributed by atoms with van der Waals surface area (Å²) in [5.41, 5.74) is 7.17. The third kappa shape index (κ3) is 4.92. The van der Waals surface area contributed by atoms with Gasteiger partial charge in [-0.2, -0.15) is 0 Å². The normalized spacial score (nSPS) is 17.6. The second-order valence-corrected chi connectivity index (χ2v) is 7.03. The molecule has 6 nitrogen and oxygen atoms in total. The lowest BCUT2D eigenvalue weighted by Crippen LogP contribution is -2.49. The summed E-state index contributed by atoms with van der Waals surface area (Å²) >= 11 is 5.19. The fourth-order valence-electron chi connectivity index (χ4n) is 3.36. The first-order chi connectivity index (χ1) is 12.1. The smallest absolute Gasteiger partial charge is 0.242 e. The number of benzene rings is 1. The van der Waals surface area contributed by atoms with Gasteiger partial charge in [-0.15, -0.1) is 0 Å². The maximum atomic E-state index is 12.0. The van der Waals surface area contributed by atoms with Crippen molar-refractivity contribution >= 4 is 34.8 Å². The van der Waals surface area contributed by atoms with Crippen molar-refractivity contribution in [1.29, 1.82) is 0 Å². The Balaban J connectivity index is 1.43. The number of rotatable bonds is 4. The summed E-state index contributed by atoms with van der Waals surface area (Å²) in [6, 6.07) is 7.97. The Hall–Kier alpha value is -2.15. The maximum Gasteiger partial charge on any atom is 0.242 e. The van der Waals surface area contributed by atoms with E-state index in [0.29, 0.717) is 17.6 Å². The largest absolute Gasteiger partial charge is 0.359 e. The van der Waals surface area contributed by atoms with E-state index in [1.165, 1.54) is 12.8 Å². The first-order valence-electron chi connectivity index (χ1n) is 8.86. The van der Waals surface area contributed by atoms with Crippen molar-refractivity contribution in [3.63, 3.8) is 0 Å². The van der Waals surface area contributed by atoms with Gasteiger partial charge < -0.3 is 10.2 Å². The number of thiocarbonyl (C=S) groups is 1. The molecule has 0 atom stereocenters. The number of hydrogen-bond acceptors (Lipinski definition) is 3. The van der Waals surface area contributed by atoms with Crippen LogP contribution < -0.4 is 21.1 Å². The average Bonchev–Trinajstić information content (AvgIpc) is 3.25. The molecule has 0 radical (unpaired) electrons. The SMILES string of the molecule is O=C(Cc1ccc(N2CCCC2=O)cc1)NNC(=S)NC1CCCC1. The Morgan fingerprint density at radius 1 is 1.12 bits per heavy atom. The van der Waals surface area contributed by atoms with Crippen molar-refractivity contribution in [3.8, 4) is 0 Å². The number of hydrazine groups is 1. The van der Waals surface area contributed by atoms with E-state index in [0.717, 1.165) is 37.1 Å². The van der Waals surface area contributed by atoms with Gasteiger partial charge in [0.2, 0.25) is 11.8 Å². The van der Waals surface area contributed by atoms with Crippen LogP contribution in [0.15, 0.2) is 24.3 Å². The summed E-state index contributed by atoms with van der Waals surface area (Å²) in [4.78, 5) is 25.6. The van der Waals surface area contributed by atoms with E-state index in [1.807, 2.05) is 24.3 Å². The highest BCUT2D eigenvalue weighted by molar-refractivity contribution is 7.80. The molecule has 1 saturated heterocycles. The lowest BCUT2D eigenvalue weighted by Gasteiger charge is -2.17. The van der Waals surface area contributed by atoms with Gasteiger partial charge >= 0.3 is 0 Å². The van der Waals surface area contributed by atoms with Crippen molar-refractivity contribution in [2.75, 3.05) is 11.4 Å². The van der Waals surface area contributed by atoms with Crippen LogP contribution in [0.1, 0.15) is 44.1 Å². The Morgan fingerprint density at radius 3 is 2.48 bits per heavy atom. The average molecular weight is 360 g/mol. The first-order valence-corrected chi connectivity index (χ1v) is 9.27. The van der Waals surface area contributed by atoms with Gasteiger partial charge in [-0.05, 0) is 49.2 Å².